The third kappa shape index (κ3) is 3.24. The number of nitrogens with one attached hydrogen (secondary N) is 1. The fourth-order valence-corrected chi connectivity index (χ4v) is 3.84. The maximum Gasteiger partial charge on any atom is 0.283 e. The molecule has 0 radical (unpaired) electrons. The first-order chi connectivity index (χ1) is 11.1. The molecule has 23 heavy (non-hydrogen) atoms. The Labute approximate surface area is 147 Å². The summed E-state index contributed by atoms with van der Waals surface area (Å²) in [6, 6.07) is 15.0. The van der Waals surface area contributed by atoms with Gasteiger partial charge in [-0.15, -0.1) is 11.3 Å². The van der Waals surface area contributed by atoms with Gasteiger partial charge in [-0.05, 0) is 19.1 Å². The fraction of sp³-hybridized carbons (Fsp3) is 0.0588. The zero-order valence-corrected chi connectivity index (χ0v) is 14.5. The van der Waals surface area contributed by atoms with E-state index in [1.807, 2.05) is 42.5 Å². The molecule has 1 aromatic heterocycles. The number of halogens is 2. The van der Waals surface area contributed by atoms with Crippen molar-refractivity contribution >= 4 is 56.2 Å². The second-order valence-corrected chi connectivity index (χ2v) is 6.70. The molecule has 0 bridgehead atoms. The first-order valence-corrected chi connectivity index (χ1v) is 8.41. The van der Waals surface area contributed by atoms with E-state index in [0.29, 0.717) is 20.6 Å². The zero-order valence-electron chi connectivity index (χ0n) is 12.1. The van der Waals surface area contributed by atoms with E-state index in [1.165, 1.54) is 11.3 Å². The van der Waals surface area contributed by atoms with Crippen LogP contribution in [0.1, 0.15) is 22.2 Å². The van der Waals surface area contributed by atoms with Crippen LogP contribution in [0.2, 0.25) is 10.0 Å². The number of carbonyl (C=O) groups excluding carboxylic acids is 1. The Bertz CT molecular complexity index is 918. The standard InChI is InChI=1S/C17H12Cl2N2OS/c1-10(11-6-2-4-8-13(11)18)20-21-17(22)16-15(19)12-7-3-5-9-14(12)23-16/h2-9H,1H3,(H,21,22)/b20-10+. The molecule has 0 unspecified atom stereocenters. The molecule has 1 heterocycles. The quantitative estimate of drug-likeness (QED) is 0.494. The van der Waals surface area contributed by atoms with Gasteiger partial charge in [-0.1, -0.05) is 59.6 Å². The molecule has 6 heteroatoms. The van der Waals surface area contributed by atoms with E-state index in [1.54, 1.807) is 13.0 Å². The summed E-state index contributed by atoms with van der Waals surface area (Å²) < 4.78 is 0.967. The number of carbonyl (C=O) groups is 1. The van der Waals surface area contributed by atoms with E-state index in [9.17, 15) is 4.79 Å². The number of nitrogens with zero attached hydrogens (tertiary/aromatic N) is 1. The third-order valence-corrected chi connectivity index (χ3v) is 5.33. The molecule has 116 valence electrons. The van der Waals surface area contributed by atoms with Crippen molar-refractivity contribution in [3.63, 3.8) is 0 Å². The van der Waals surface area contributed by atoms with E-state index < -0.39 is 0 Å². The number of fused-ring (bicyclic) bond motifs is 1. The molecule has 3 nitrogen and oxygen atoms in total. The van der Waals surface area contributed by atoms with Gasteiger partial charge in [0, 0.05) is 20.7 Å². The maximum atomic E-state index is 12.3. The van der Waals surface area contributed by atoms with Gasteiger partial charge in [0.2, 0.25) is 0 Å². The largest absolute Gasteiger partial charge is 0.283 e. The number of thiophene rings is 1. The summed E-state index contributed by atoms with van der Waals surface area (Å²) in [7, 11) is 0. The molecule has 0 spiro atoms. The van der Waals surface area contributed by atoms with Crippen LogP contribution in [0.3, 0.4) is 0 Å². The van der Waals surface area contributed by atoms with Gasteiger partial charge in [-0.2, -0.15) is 5.10 Å². The van der Waals surface area contributed by atoms with Gasteiger partial charge < -0.3 is 0 Å². The summed E-state index contributed by atoms with van der Waals surface area (Å²) in [5, 5.41) is 6.03. The SMILES string of the molecule is C/C(=N\NC(=O)c1sc2ccccc2c1Cl)c1ccccc1Cl. The Morgan fingerprint density at radius 3 is 2.52 bits per heavy atom. The summed E-state index contributed by atoms with van der Waals surface area (Å²) in [6.45, 7) is 1.79. The molecule has 0 atom stereocenters. The first-order valence-electron chi connectivity index (χ1n) is 6.84. The van der Waals surface area contributed by atoms with Gasteiger partial charge in [0.25, 0.3) is 5.91 Å². The average molecular weight is 363 g/mol. The molecule has 0 saturated heterocycles. The molecule has 2 aromatic carbocycles. The smallest absolute Gasteiger partial charge is 0.266 e. The van der Waals surface area contributed by atoms with Crippen molar-refractivity contribution in [2.24, 2.45) is 5.10 Å². The molecule has 1 amide bonds. The van der Waals surface area contributed by atoms with Crippen molar-refractivity contribution in [1.82, 2.24) is 5.43 Å². The van der Waals surface area contributed by atoms with Crippen LogP contribution >= 0.6 is 34.5 Å². The normalized spacial score (nSPS) is 11.7. The van der Waals surface area contributed by atoms with Crippen LogP contribution in [0, 0.1) is 0 Å². The van der Waals surface area contributed by atoms with E-state index in [-0.39, 0.29) is 5.91 Å². The monoisotopic (exact) mass is 362 g/mol. The number of rotatable bonds is 3. The molecule has 0 aliphatic rings. The minimum atomic E-state index is -0.331. The van der Waals surface area contributed by atoms with Crippen LogP contribution in [0.4, 0.5) is 0 Å². The molecular formula is C17H12Cl2N2OS. The number of hydrogen-bond donors (Lipinski definition) is 1. The molecule has 3 rings (SSSR count). The van der Waals surface area contributed by atoms with Crippen LogP contribution in [0.15, 0.2) is 53.6 Å². The summed E-state index contributed by atoms with van der Waals surface area (Å²) in [6.07, 6.45) is 0. The summed E-state index contributed by atoms with van der Waals surface area (Å²) in [5.74, 6) is -0.331. The summed E-state index contributed by atoms with van der Waals surface area (Å²) in [4.78, 5) is 12.8. The minimum absolute atomic E-state index is 0.331. The Balaban J connectivity index is 1.85. The molecule has 3 aromatic rings. The number of amides is 1. The lowest BCUT2D eigenvalue weighted by molar-refractivity contribution is 0.0959. The van der Waals surface area contributed by atoms with Crippen LogP contribution in [0.5, 0.6) is 0 Å². The fourth-order valence-electron chi connectivity index (χ4n) is 2.16. The van der Waals surface area contributed by atoms with Crippen LogP contribution in [-0.2, 0) is 0 Å². The van der Waals surface area contributed by atoms with Gasteiger partial charge in [-0.25, -0.2) is 5.43 Å². The van der Waals surface area contributed by atoms with Crippen molar-refractivity contribution in [2.45, 2.75) is 6.92 Å². The molecule has 0 aliphatic heterocycles. The number of hydrazone groups is 1. The second kappa shape index (κ2) is 6.71. The Kier molecular flexibility index (Phi) is 4.66. The lowest BCUT2D eigenvalue weighted by Gasteiger charge is -2.04. The van der Waals surface area contributed by atoms with Gasteiger partial charge in [0.15, 0.2) is 0 Å². The van der Waals surface area contributed by atoms with E-state index in [4.69, 9.17) is 23.2 Å². The molecule has 1 N–H and O–H groups in total. The molecule has 0 aliphatic carbocycles. The van der Waals surface area contributed by atoms with E-state index >= 15 is 0 Å². The summed E-state index contributed by atoms with van der Waals surface area (Å²) >= 11 is 13.8. The highest BCUT2D eigenvalue weighted by Gasteiger charge is 2.16. The Morgan fingerprint density at radius 1 is 1.09 bits per heavy atom. The van der Waals surface area contributed by atoms with Crippen LogP contribution in [0.25, 0.3) is 10.1 Å². The molecular weight excluding hydrogens is 351 g/mol. The second-order valence-electron chi connectivity index (χ2n) is 4.86. The van der Waals surface area contributed by atoms with Crippen LogP contribution < -0.4 is 5.43 Å². The Morgan fingerprint density at radius 2 is 1.78 bits per heavy atom. The minimum Gasteiger partial charge on any atom is -0.266 e. The van der Waals surface area contributed by atoms with Gasteiger partial charge in [0.1, 0.15) is 4.88 Å². The number of benzene rings is 2. The average Bonchev–Trinajstić information content (AvgIpc) is 2.90. The molecule has 0 saturated carbocycles. The lowest BCUT2D eigenvalue weighted by atomic mass is 10.1. The highest BCUT2D eigenvalue weighted by molar-refractivity contribution is 7.21. The highest BCUT2D eigenvalue weighted by Crippen LogP contribution is 2.34. The van der Waals surface area contributed by atoms with E-state index in [0.717, 1.165) is 15.6 Å². The van der Waals surface area contributed by atoms with Gasteiger partial charge >= 0.3 is 0 Å². The topological polar surface area (TPSA) is 41.5 Å². The highest BCUT2D eigenvalue weighted by atomic mass is 35.5. The summed E-state index contributed by atoms with van der Waals surface area (Å²) in [5.41, 5.74) is 3.94. The van der Waals surface area contributed by atoms with Gasteiger partial charge in [-0.3, -0.25) is 4.79 Å². The van der Waals surface area contributed by atoms with Crippen molar-refractivity contribution in [3.8, 4) is 0 Å². The first kappa shape index (κ1) is 16.0. The van der Waals surface area contributed by atoms with Crippen molar-refractivity contribution in [3.05, 3.63) is 69.0 Å². The van der Waals surface area contributed by atoms with Crippen molar-refractivity contribution < 1.29 is 4.79 Å². The third-order valence-electron chi connectivity index (χ3n) is 3.33. The van der Waals surface area contributed by atoms with Crippen LogP contribution in [-0.4, -0.2) is 11.6 Å². The van der Waals surface area contributed by atoms with Crippen molar-refractivity contribution in [1.29, 1.82) is 0 Å². The van der Waals surface area contributed by atoms with Gasteiger partial charge in [0.05, 0.1) is 10.7 Å². The number of hydrogen-bond acceptors (Lipinski definition) is 3. The Hall–Kier alpha value is -1.88. The molecule has 0 fully saturated rings. The lowest BCUT2D eigenvalue weighted by Crippen LogP contribution is -2.18. The maximum absolute atomic E-state index is 12.3. The van der Waals surface area contributed by atoms with E-state index in [2.05, 4.69) is 10.5 Å². The zero-order chi connectivity index (χ0) is 16.4. The predicted octanol–water partition coefficient (Wildman–Crippen LogP) is 5.36. The predicted molar refractivity (Wildman–Crippen MR) is 98.0 cm³/mol. The van der Waals surface area contributed by atoms with Crippen molar-refractivity contribution in [2.75, 3.05) is 0 Å².